The first-order chi connectivity index (χ1) is 11.5. The Morgan fingerprint density at radius 1 is 1.46 bits per heavy atom. The van der Waals surface area contributed by atoms with Gasteiger partial charge in [0.2, 0.25) is 5.52 Å². The van der Waals surface area contributed by atoms with Gasteiger partial charge in [0, 0.05) is 26.7 Å². The fraction of sp³-hybridized carbons (Fsp3) is 0.500. The van der Waals surface area contributed by atoms with Crippen LogP contribution in [0.15, 0.2) is 16.9 Å². The Labute approximate surface area is 139 Å². The maximum absolute atomic E-state index is 12.2. The van der Waals surface area contributed by atoms with Crippen molar-refractivity contribution in [2.24, 2.45) is 7.05 Å². The molecular weight excluding hydrogens is 310 g/mol. The molecule has 8 nitrogen and oxygen atoms in total. The minimum absolute atomic E-state index is 0.252. The summed E-state index contributed by atoms with van der Waals surface area (Å²) in [5.74, 6) is 0.692. The Balaban J connectivity index is 2.10. The highest BCUT2D eigenvalue weighted by atomic mass is 16.5. The monoisotopic (exact) mass is 329 g/mol. The van der Waals surface area contributed by atoms with E-state index in [9.17, 15) is 9.90 Å². The molecule has 24 heavy (non-hydrogen) atoms. The molecule has 8 heteroatoms. The minimum Gasteiger partial charge on any atom is -0.390 e. The molecule has 2 atom stereocenters. The number of ether oxygens (including phenoxy) is 1. The molecule has 3 rings (SSSR count). The molecule has 126 valence electrons. The SMILES string of the molecule is [C-]#[N+]c1ccc2c(n1)c(N1CC[C@@H](O)[C@@H](OCC)C1)nc(=O)n2C. The van der Waals surface area contributed by atoms with Gasteiger partial charge in [-0.3, -0.25) is 4.57 Å². The van der Waals surface area contributed by atoms with Gasteiger partial charge in [-0.05, 0) is 25.5 Å². The van der Waals surface area contributed by atoms with E-state index in [0.29, 0.717) is 43.0 Å². The molecule has 0 bridgehead atoms. The van der Waals surface area contributed by atoms with Gasteiger partial charge in [-0.15, -0.1) is 4.98 Å². The number of fused-ring (bicyclic) bond motifs is 1. The van der Waals surface area contributed by atoms with Crippen molar-refractivity contribution in [2.45, 2.75) is 25.6 Å². The van der Waals surface area contributed by atoms with Crippen LogP contribution < -0.4 is 10.6 Å². The van der Waals surface area contributed by atoms with Crippen molar-refractivity contribution in [1.82, 2.24) is 14.5 Å². The molecule has 2 aromatic heterocycles. The summed E-state index contributed by atoms with van der Waals surface area (Å²) in [6, 6.07) is 3.29. The number of hydrogen-bond acceptors (Lipinski definition) is 6. The number of aliphatic hydroxyl groups excluding tert-OH is 1. The summed E-state index contributed by atoms with van der Waals surface area (Å²) in [5, 5.41) is 10.1. The van der Waals surface area contributed by atoms with Crippen molar-refractivity contribution < 1.29 is 9.84 Å². The van der Waals surface area contributed by atoms with Crippen LogP contribution in [-0.2, 0) is 11.8 Å². The average molecular weight is 329 g/mol. The normalized spacial score (nSPS) is 21.0. The van der Waals surface area contributed by atoms with Crippen LogP contribution in [0.4, 0.5) is 11.6 Å². The lowest BCUT2D eigenvalue weighted by atomic mass is 10.0. The van der Waals surface area contributed by atoms with E-state index in [0.717, 1.165) is 0 Å². The number of pyridine rings is 1. The molecule has 0 spiro atoms. The standard InChI is InChI=1S/C16H19N5O3/c1-4-24-12-9-21(8-7-11(12)22)15-14-10(20(3)16(23)19-15)5-6-13(17-2)18-14/h5-6,11-12,22H,4,7-9H2,1,3H3/t11-,12+/m1/s1. The van der Waals surface area contributed by atoms with Crippen molar-refractivity contribution in [3.63, 3.8) is 0 Å². The van der Waals surface area contributed by atoms with E-state index in [1.54, 1.807) is 19.2 Å². The Hall–Kier alpha value is -2.50. The van der Waals surface area contributed by atoms with E-state index in [2.05, 4.69) is 14.8 Å². The molecule has 1 fully saturated rings. The summed E-state index contributed by atoms with van der Waals surface area (Å²) < 4.78 is 7.00. The maximum Gasteiger partial charge on any atom is 0.350 e. The lowest BCUT2D eigenvalue weighted by Gasteiger charge is -2.36. The third-order valence-electron chi connectivity index (χ3n) is 4.24. The molecule has 0 aromatic carbocycles. The van der Waals surface area contributed by atoms with Gasteiger partial charge in [-0.25, -0.2) is 4.79 Å². The molecule has 0 unspecified atom stereocenters. The number of aryl methyl sites for hydroxylation is 1. The van der Waals surface area contributed by atoms with E-state index in [-0.39, 0.29) is 17.6 Å². The highest BCUT2D eigenvalue weighted by molar-refractivity contribution is 5.87. The number of rotatable bonds is 3. The predicted octanol–water partition coefficient (Wildman–Crippen LogP) is 0.855. The highest BCUT2D eigenvalue weighted by Gasteiger charge is 2.31. The van der Waals surface area contributed by atoms with Gasteiger partial charge < -0.3 is 19.6 Å². The van der Waals surface area contributed by atoms with Crippen LogP contribution in [0.3, 0.4) is 0 Å². The van der Waals surface area contributed by atoms with E-state index in [1.165, 1.54) is 4.57 Å². The average Bonchev–Trinajstić information content (AvgIpc) is 2.60. The van der Waals surface area contributed by atoms with Gasteiger partial charge in [0.15, 0.2) is 5.82 Å². The topological polar surface area (TPSA) is 84.8 Å². The fourth-order valence-electron chi connectivity index (χ4n) is 2.96. The third-order valence-corrected chi connectivity index (χ3v) is 4.24. The molecule has 0 aliphatic carbocycles. The summed E-state index contributed by atoms with van der Waals surface area (Å²) in [6.45, 7) is 10.5. The number of hydrogen-bond donors (Lipinski definition) is 1. The fourth-order valence-corrected chi connectivity index (χ4v) is 2.96. The highest BCUT2D eigenvalue weighted by Crippen LogP contribution is 2.27. The summed E-state index contributed by atoms with van der Waals surface area (Å²) in [6.07, 6.45) is -0.356. The van der Waals surface area contributed by atoms with Crippen LogP contribution in [-0.4, -0.2) is 51.5 Å². The van der Waals surface area contributed by atoms with Gasteiger partial charge >= 0.3 is 5.69 Å². The maximum atomic E-state index is 12.2. The van der Waals surface area contributed by atoms with Crippen molar-refractivity contribution in [2.75, 3.05) is 24.6 Å². The number of aliphatic hydroxyl groups is 1. The predicted molar refractivity (Wildman–Crippen MR) is 89.3 cm³/mol. The third kappa shape index (κ3) is 2.84. The number of nitrogens with zero attached hydrogens (tertiary/aromatic N) is 5. The number of anilines is 1. The molecule has 3 heterocycles. The lowest BCUT2D eigenvalue weighted by molar-refractivity contribution is -0.0399. The summed E-state index contributed by atoms with van der Waals surface area (Å²) in [5.41, 5.74) is 0.752. The zero-order valence-corrected chi connectivity index (χ0v) is 13.6. The molecule has 1 aliphatic rings. The van der Waals surface area contributed by atoms with Gasteiger partial charge in [-0.1, -0.05) is 6.57 Å². The molecule has 0 amide bonds. The van der Waals surface area contributed by atoms with Gasteiger partial charge in [-0.2, -0.15) is 4.98 Å². The Morgan fingerprint density at radius 2 is 2.25 bits per heavy atom. The van der Waals surface area contributed by atoms with Gasteiger partial charge in [0.05, 0.1) is 11.6 Å². The van der Waals surface area contributed by atoms with Crippen LogP contribution in [0.5, 0.6) is 0 Å². The van der Waals surface area contributed by atoms with Crippen molar-refractivity contribution >= 4 is 22.7 Å². The van der Waals surface area contributed by atoms with Crippen LogP contribution in [0.1, 0.15) is 13.3 Å². The molecule has 0 radical (unpaired) electrons. The van der Waals surface area contributed by atoms with Crippen molar-refractivity contribution in [3.8, 4) is 0 Å². The molecule has 0 saturated carbocycles. The Bertz CT molecular complexity index is 857. The Kier molecular flexibility index (Phi) is 4.46. The molecule has 2 aromatic rings. The minimum atomic E-state index is -0.536. The zero-order chi connectivity index (χ0) is 17.3. The largest absolute Gasteiger partial charge is 0.390 e. The van der Waals surface area contributed by atoms with Crippen LogP contribution in [0.2, 0.25) is 0 Å². The second-order valence-corrected chi connectivity index (χ2v) is 5.72. The van der Waals surface area contributed by atoms with E-state index in [4.69, 9.17) is 11.3 Å². The second kappa shape index (κ2) is 6.55. The molecule has 1 saturated heterocycles. The van der Waals surface area contributed by atoms with E-state index >= 15 is 0 Å². The lowest BCUT2D eigenvalue weighted by Crippen LogP contribution is -2.49. The smallest absolute Gasteiger partial charge is 0.350 e. The van der Waals surface area contributed by atoms with Crippen LogP contribution in [0, 0.1) is 6.57 Å². The first-order valence-electron chi connectivity index (χ1n) is 7.85. The van der Waals surface area contributed by atoms with Crippen molar-refractivity contribution in [3.05, 3.63) is 34.0 Å². The Morgan fingerprint density at radius 3 is 2.96 bits per heavy atom. The van der Waals surface area contributed by atoms with Crippen molar-refractivity contribution in [1.29, 1.82) is 0 Å². The molecular formula is C16H19N5O3. The summed E-state index contributed by atoms with van der Waals surface area (Å²) in [7, 11) is 1.63. The summed E-state index contributed by atoms with van der Waals surface area (Å²) >= 11 is 0. The van der Waals surface area contributed by atoms with Crippen LogP contribution in [0.25, 0.3) is 15.9 Å². The number of aromatic nitrogens is 3. The first-order valence-corrected chi connectivity index (χ1v) is 7.85. The molecule has 1 N–H and O–H groups in total. The second-order valence-electron chi connectivity index (χ2n) is 5.72. The quantitative estimate of drug-likeness (QED) is 0.841. The van der Waals surface area contributed by atoms with Gasteiger partial charge in [0.25, 0.3) is 5.82 Å². The summed E-state index contributed by atoms with van der Waals surface area (Å²) in [4.78, 5) is 25.9. The van der Waals surface area contributed by atoms with E-state index < -0.39 is 6.10 Å². The zero-order valence-electron chi connectivity index (χ0n) is 13.6. The van der Waals surface area contributed by atoms with E-state index in [1.807, 2.05) is 11.8 Å². The van der Waals surface area contributed by atoms with Crippen LogP contribution >= 0.6 is 0 Å². The number of piperidine rings is 1. The molecule has 1 aliphatic heterocycles. The first kappa shape index (κ1) is 16.4. The van der Waals surface area contributed by atoms with Gasteiger partial charge in [0.1, 0.15) is 6.10 Å².